The first-order valence-corrected chi connectivity index (χ1v) is 9.63. The highest BCUT2D eigenvalue weighted by atomic mass is 16.5. The minimum Gasteiger partial charge on any atom is -0.379 e. The second-order valence-electron chi connectivity index (χ2n) is 7.51. The van der Waals surface area contributed by atoms with Gasteiger partial charge < -0.3 is 15.4 Å². The number of hydrogen-bond acceptors (Lipinski definition) is 7. The lowest BCUT2D eigenvalue weighted by Crippen LogP contribution is -2.49. The summed E-state index contributed by atoms with van der Waals surface area (Å²) in [6, 6.07) is 2.54. The molecule has 25 heavy (non-hydrogen) atoms. The molecule has 0 spiro atoms. The topological polar surface area (TPSA) is 70.8 Å². The van der Waals surface area contributed by atoms with Crippen LogP contribution >= 0.6 is 0 Å². The Kier molecular flexibility index (Phi) is 5.45. The van der Waals surface area contributed by atoms with Crippen molar-refractivity contribution in [3.8, 4) is 0 Å². The number of nitrogens with two attached hydrogens (primary N) is 1. The van der Waals surface area contributed by atoms with Crippen LogP contribution in [0.3, 0.4) is 0 Å². The third kappa shape index (κ3) is 4.28. The van der Waals surface area contributed by atoms with Crippen molar-refractivity contribution < 1.29 is 4.74 Å². The van der Waals surface area contributed by atoms with E-state index in [9.17, 15) is 0 Å². The van der Waals surface area contributed by atoms with Crippen LogP contribution < -0.4 is 10.6 Å². The van der Waals surface area contributed by atoms with Crippen molar-refractivity contribution >= 4 is 5.82 Å². The highest BCUT2D eigenvalue weighted by Gasteiger charge is 2.29. The van der Waals surface area contributed by atoms with Crippen LogP contribution in [0.4, 0.5) is 5.82 Å². The third-order valence-corrected chi connectivity index (χ3v) is 5.80. The molecule has 0 bridgehead atoms. The Morgan fingerprint density at radius 2 is 1.64 bits per heavy atom. The van der Waals surface area contributed by atoms with Gasteiger partial charge >= 0.3 is 0 Å². The molecular formula is C18H30N6O. The van der Waals surface area contributed by atoms with E-state index in [1.165, 1.54) is 5.69 Å². The van der Waals surface area contributed by atoms with Gasteiger partial charge in [0.25, 0.3) is 0 Å². The van der Waals surface area contributed by atoms with Gasteiger partial charge in [-0.2, -0.15) is 0 Å². The van der Waals surface area contributed by atoms with E-state index in [-0.39, 0.29) is 0 Å². The smallest absolute Gasteiger partial charge is 0.132 e. The molecule has 1 aromatic rings. The zero-order valence-corrected chi connectivity index (χ0v) is 15.0. The molecule has 1 saturated carbocycles. The maximum absolute atomic E-state index is 5.91. The zero-order valence-electron chi connectivity index (χ0n) is 15.0. The minimum absolute atomic E-state index is 0.360. The van der Waals surface area contributed by atoms with Gasteiger partial charge in [-0.3, -0.25) is 9.80 Å². The lowest BCUT2D eigenvalue weighted by atomic mass is 9.78. The number of piperazine rings is 1. The quantitative estimate of drug-likeness (QED) is 0.813. The Hall–Kier alpha value is -1.28. The van der Waals surface area contributed by atoms with Gasteiger partial charge in [0.1, 0.15) is 12.1 Å². The normalized spacial score (nSPS) is 28.8. The Labute approximate surface area is 150 Å². The molecule has 0 unspecified atom stereocenters. The Morgan fingerprint density at radius 3 is 2.32 bits per heavy atom. The average molecular weight is 346 g/mol. The van der Waals surface area contributed by atoms with Crippen molar-refractivity contribution in [3.63, 3.8) is 0 Å². The standard InChI is InChI=1S/C18H30N6O/c19-16-11-15(12-16)17-13-18(21-14-20-17)24-5-3-22(4-6-24)1-2-23-7-9-25-10-8-23/h13-16H,1-12,19H2. The van der Waals surface area contributed by atoms with Crippen LogP contribution in [-0.4, -0.2) is 91.4 Å². The number of nitrogens with zero attached hydrogens (tertiary/aromatic N) is 5. The Bertz CT molecular complexity index is 550. The van der Waals surface area contributed by atoms with E-state index in [0.29, 0.717) is 12.0 Å². The predicted molar refractivity (Wildman–Crippen MR) is 97.9 cm³/mol. The highest BCUT2D eigenvalue weighted by molar-refractivity contribution is 5.40. The SMILES string of the molecule is NC1CC(c2cc(N3CCN(CCN4CCOCC4)CC3)ncn2)C1. The van der Waals surface area contributed by atoms with Crippen molar-refractivity contribution in [1.82, 2.24) is 19.8 Å². The van der Waals surface area contributed by atoms with Gasteiger partial charge in [0.15, 0.2) is 0 Å². The van der Waals surface area contributed by atoms with Gasteiger partial charge in [0, 0.05) is 76.1 Å². The van der Waals surface area contributed by atoms with E-state index < -0.39 is 0 Å². The fourth-order valence-electron chi connectivity index (χ4n) is 3.97. The first kappa shape index (κ1) is 17.1. The molecule has 2 saturated heterocycles. The molecule has 2 aliphatic heterocycles. The number of hydrogen-bond donors (Lipinski definition) is 1. The van der Waals surface area contributed by atoms with Crippen molar-refractivity contribution in [2.24, 2.45) is 5.73 Å². The number of aromatic nitrogens is 2. The maximum atomic E-state index is 5.91. The molecule has 0 atom stereocenters. The van der Waals surface area contributed by atoms with Gasteiger partial charge in [-0.05, 0) is 12.8 Å². The molecule has 1 aliphatic carbocycles. The molecule has 7 nitrogen and oxygen atoms in total. The van der Waals surface area contributed by atoms with Crippen molar-refractivity contribution in [3.05, 3.63) is 18.1 Å². The molecule has 0 amide bonds. The third-order valence-electron chi connectivity index (χ3n) is 5.80. The predicted octanol–water partition coefficient (Wildman–Crippen LogP) is 0.136. The van der Waals surface area contributed by atoms with E-state index >= 15 is 0 Å². The molecule has 2 N–H and O–H groups in total. The molecule has 1 aromatic heterocycles. The summed E-state index contributed by atoms with van der Waals surface area (Å²) in [5.74, 6) is 1.62. The molecular weight excluding hydrogens is 316 g/mol. The van der Waals surface area contributed by atoms with Crippen LogP contribution in [0.2, 0.25) is 0 Å². The largest absolute Gasteiger partial charge is 0.379 e. The minimum atomic E-state index is 0.360. The number of ether oxygens (including phenoxy) is 1. The zero-order chi connectivity index (χ0) is 17.1. The molecule has 0 aromatic carbocycles. The highest BCUT2D eigenvalue weighted by Crippen LogP contribution is 2.35. The van der Waals surface area contributed by atoms with Crippen LogP contribution in [0.25, 0.3) is 0 Å². The average Bonchev–Trinajstić information content (AvgIpc) is 2.65. The summed E-state index contributed by atoms with van der Waals surface area (Å²) in [4.78, 5) is 16.5. The molecule has 138 valence electrons. The number of anilines is 1. The lowest BCUT2D eigenvalue weighted by molar-refractivity contribution is 0.0331. The summed E-state index contributed by atoms with van der Waals surface area (Å²) < 4.78 is 5.42. The Balaban J connectivity index is 1.25. The van der Waals surface area contributed by atoms with Gasteiger partial charge in [-0.15, -0.1) is 0 Å². The van der Waals surface area contributed by atoms with Crippen molar-refractivity contribution in [1.29, 1.82) is 0 Å². The molecule has 3 aliphatic rings. The van der Waals surface area contributed by atoms with E-state index in [2.05, 4.69) is 30.7 Å². The maximum Gasteiger partial charge on any atom is 0.132 e. The summed E-state index contributed by atoms with van der Waals surface area (Å²) in [5, 5.41) is 0. The fraction of sp³-hybridized carbons (Fsp3) is 0.778. The molecule has 3 fully saturated rings. The summed E-state index contributed by atoms with van der Waals surface area (Å²) >= 11 is 0. The first-order chi connectivity index (χ1) is 12.3. The van der Waals surface area contributed by atoms with Crippen LogP contribution in [0.15, 0.2) is 12.4 Å². The van der Waals surface area contributed by atoms with E-state index in [1.807, 2.05) is 0 Å². The number of rotatable bonds is 5. The van der Waals surface area contributed by atoms with Crippen LogP contribution in [0, 0.1) is 0 Å². The van der Waals surface area contributed by atoms with Gasteiger partial charge in [-0.25, -0.2) is 9.97 Å². The molecule has 7 heteroatoms. The fourth-order valence-corrected chi connectivity index (χ4v) is 3.97. The van der Waals surface area contributed by atoms with Gasteiger partial charge in [0.2, 0.25) is 0 Å². The van der Waals surface area contributed by atoms with Gasteiger partial charge in [0.05, 0.1) is 13.2 Å². The molecule has 4 rings (SSSR count). The van der Waals surface area contributed by atoms with E-state index in [0.717, 1.165) is 84.2 Å². The summed E-state index contributed by atoms with van der Waals surface area (Å²) in [5.41, 5.74) is 7.08. The van der Waals surface area contributed by atoms with Gasteiger partial charge in [-0.1, -0.05) is 0 Å². The monoisotopic (exact) mass is 346 g/mol. The Morgan fingerprint density at radius 1 is 0.960 bits per heavy atom. The first-order valence-electron chi connectivity index (χ1n) is 9.63. The number of morpholine rings is 1. The van der Waals surface area contributed by atoms with Crippen molar-refractivity contribution in [2.75, 3.05) is 70.5 Å². The van der Waals surface area contributed by atoms with E-state index in [1.54, 1.807) is 6.33 Å². The van der Waals surface area contributed by atoms with E-state index in [4.69, 9.17) is 10.5 Å². The lowest BCUT2D eigenvalue weighted by Gasteiger charge is -2.37. The van der Waals surface area contributed by atoms with Crippen LogP contribution in [-0.2, 0) is 4.74 Å². The summed E-state index contributed by atoms with van der Waals surface area (Å²) in [7, 11) is 0. The summed E-state index contributed by atoms with van der Waals surface area (Å²) in [6.07, 6.45) is 3.84. The van der Waals surface area contributed by atoms with Crippen molar-refractivity contribution in [2.45, 2.75) is 24.8 Å². The van der Waals surface area contributed by atoms with Crippen LogP contribution in [0.5, 0.6) is 0 Å². The second kappa shape index (κ2) is 7.95. The van der Waals surface area contributed by atoms with Crippen LogP contribution in [0.1, 0.15) is 24.5 Å². The summed E-state index contributed by atoms with van der Waals surface area (Å²) in [6.45, 7) is 10.5. The molecule has 3 heterocycles. The second-order valence-corrected chi connectivity index (χ2v) is 7.51. The molecule has 0 radical (unpaired) electrons.